The zero-order chi connectivity index (χ0) is 19.6. The van der Waals surface area contributed by atoms with Crippen LogP contribution < -0.4 is 10.6 Å². The summed E-state index contributed by atoms with van der Waals surface area (Å²) in [5.41, 5.74) is 3.86. The van der Waals surface area contributed by atoms with Crippen LogP contribution in [0.5, 0.6) is 0 Å². The molecule has 2 aromatic heterocycles. The Hall–Kier alpha value is -3.22. The van der Waals surface area contributed by atoms with Crippen LogP contribution in [0.15, 0.2) is 36.7 Å². The van der Waals surface area contributed by atoms with Crippen molar-refractivity contribution in [2.24, 2.45) is 0 Å². The van der Waals surface area contributed by atoms with Crippen LogP contribution in [0.4, 0.5) is 5.69 Å². The lowest BCUT2D eigenvalue weighted by atomic mass is 10.1. The summed E-state index contributed by atoms with van der Waals surface area (Å²) in [5.74, 6) is -0.624. The molecule has 1 aromatic carbocycles. The van der Waals surface area contributed by atoms with Gasteiger partial charge in [-0.1, -0.05) is 18.2 Å². The van der Waals surface area contributed by atoms with E-state index in [-0.39, 0.29) is 24.4 Å². The van der Waals surface area contributed by atoms with Gasteiger partial charge in [0, 0.05) is 23.3 Å². The standard InChI is InChI=1S/C20H23N5O2/c1-12(2)25-19-15(10-23-25)8-16(9-21-19)20(27)22-11-17(26)24-18-13(3)6-5-7-14(18)4/h5-10,12H,11H2,1-4H3,(H,22,27)(H,24,26). The fraction of sp³-hybridized carbons (Fsp3) is 0.300. The zero-order valence-corrected chi connectivity index (χ0v) is 15.9. The molecule has 0 saturated carbocycles. The van der Waals surface area contributed by atoms with Gasteiger partial charge < -0.3 is 10.6 Å². The van der Waals surface area contributed by atoms with Gasteiger partial charge in [0.2, 0.25) is 5.91 Å². The minimum atomic E-state index is -0.349. The molecule has 27 heavy (non-hydrogen) atoms. The highest BCUT2D eigenvalue weighted by Crippen LogP contribution is 2.19. The predicted octanol–water partition coefficient (Wildman–Crippen LogP) is 3.00. The molecule has 0 aliphatic heterocycles. The minimum Gasteiger partial charge on any atom is -0.343 e. The van der Waals surface area contributed by atoms with Crippen LogP contribution in [0.3, 0.4) is 0 Å². The molecular weight excluding hydrogens is 342 g/mol. The van der Waals surface area contributed by atoms with Crippen LogP contribution in [0, 0.1) is 13.8 Å². The van der Waals surface area contributed by atoms with Crippen molar-refractivity contribution in [1.82, 2.24) is 20.1 Å². The number of aromatic nitrogens is 3. The van der Waals surface area contributed by atoms with Crippen molar-refractivity contribution in [2.75, 3.05) is 11.9 Å². The number of carbonyl (C=O) groups is 2. The van der Waals surface area contributed by atoms with Crippen molar-refractivity contribution in [1.29, 1.82) is 0 Å². The molecule has 0 aliphatic carbocycles. The third-order valence-corrected chi connectivity index (χ3v) is 4.34. The first-order chi connectivity index (χ1) is 12.9. The molecule has 2 N–H and O–H groups in total. The number of aryl methyl sites for hydroxylation is 2. The first-order valence-electron chi connectivity index (χ1n) is 8.84. The average molecular weight is 365 g/mol. The Balaban J connectivity index is 1.65. The maximum atomic E-state index is 12.4. The molecule has 7 heteroatoms. The number of anilines is 1. The van der Waals surface area contributed by atoms with Crippen molar-refractivity contribution in [2.45, 2.75) is 33.7 Å². The third-order valence-electron chi connectivity index (χ3n) is 4.34. The van der Waals surface area contributed by atoms with Crippen LogP contribution in [0.25, 0.3) is 11.0 Å². The van der Waals surface area contributed by atoms with Crippen molar-refractivity contribution in [3.63, 3.8) is 0 Å². The van der Waals surface area contributed by atoms with Crippen LogP contribution in [0.2, 0.25) is 0 Å². The van der Waals surface area contributed by atoms with E-state index in [9.17, 15) is 9.59 Å². The second-order valence-corrected chi connectivity index (χ2v) is 6.82. The van der Waals surface area contributed by atoms with Crippen molar-refractivity contribution in [3.8, 4) is 0 Å². The Morgan fingerprint density at radius 2 is 1.85 bits per heavy atom. The lowest BCUT2D eigenvalue weighted by Gasteiger charge is -2.12. The van der Waals surface area contributed by atoms with Crippen LogP contribution in [0.1, 0.15) is 41.4 Å². The highest BCUT2D eigenvalue weighted by atomic mass is 16.2. The zero-order valence-electron chi connectivity index (χ0n) is 15.9. The average Bonchev–Trinajstić information content (AvgIpc) is 3.06. The van der Waals surface area contributed by atoms with E-state index in [1.54, 1.807) is 16.9 Å². The Morgan fingerprint density at radius 1 is 1.15 bits per heavy atom. The maximum absolute atomic E-state index is 12.4. The maximum Gasteiger partial charge on any atom is 0.253 e. The monoisotopic (exact) mass is 365 g/mol. The fourth-order valence-electron chi connectivity index (χ4n) is 2.90. The topological polar surface area (TPSA) is 88.9 Å². The first-order valence-corrected chi connectivity index (χ1v) is 8.84. The molecule has 0 fully saturated rings. The lowest BCUT2D eigenvalue weighted by Crippen LogP contribution is -2.33. The molecular formula is C20H23N5O2. The van der Waals surface area contributed by atoms with Crippen LogP contribution in [-0.4, -0.2) is 33.1 Å². The second kappa shape index (κ2) is 7.57. The predicted molar refractivity (Wildman–Crippen MR) is 105 cm³/mol. The smallest absolute Gasteiger partial charge is 0.253 e. The molecule has 140 valence electrons. The molecule has 0 bridgehead atoms. The van der Waals surface area contributed by atoms with E-state index in [4.69, 9.17) is 0 Å². The number of carbonyl (C=O) groups excluding carboxylic acids is 2. The van der Waals surface area contributed by atoms with Gasteiger partial charge in [-0.25, -0.2) is 9.67 Å². The summed E-state index contributed by atoms with van der Waals surface area (Å²) in [7, 11) is 0. The summed E-state index contributed by atoms with van der Waals surface area (Å²) in [6, 6.07) is 7.71. The third kappa shape index (κ3) is 3.97. The quantitative estimate of drug-likeness (QED) is 0.727. The van der Waals surface area contributed by atoms with Gasteiger partial charge in [0.05, 0.1) is 18.3 Å². The van der Waals surface area contributed by atoms with Crippen molar-refractivity contribution >= 4 is 28.5 Å². The van der Waals surface area contributed by atoms with Gasteiger partial charge in [0.1, 0.15) is 0 Å². The molecule has 0 radical (unpaired) electrons. The van der Waals surface area contributed by atoms with E-state index < -0.39 is 0 Å². The minimum absolute atomic E-state index is 0.115. The van der Waals surface area contributed by atoms with E-state index in [1.165, 1.54) is 6.20 Å². The molecule has 7 nitrogen and oxygen atoms in total. The molecule has 3 rings (SSSR count). The Kier molecular flexibility index (Phi) is 5.21. The summed E-state index contributed by atoms with van der Waals surface area (Å²) in [5, 5.41) is 10.6. The van der Waals surface area contributed by atoms with Gasteiger partial charge in [-0.05, 0) is 44.9 Å². The SMILES string of the molecule is Cc1cccc(C)c1NC(=O)CNC(=O)c1cnc2c(cnn2C(C)C)c1. The first kappa shape index (κ1) is 18.6. The van der Waals surface area contributed by atoms with Gasteiger partial charge in [0.15, 0.2) is 5.65 Å². The summed E-state index contributed by atoms with van der Waals surface area (Å²) in [6.07, 6.45) is 3.19. The number of nitrogens with one attached hydrogen (secondary N) is 2. The highest BCUT2D eigenvalue weighted by Gasteiger charge is 2.13. The number of para-hydroxylation sites is 1. The molecule has 2 amide bonds. The fourth-order valence-corrected chi connectivity index (χ4v) is 2.90. The molecule has 0 spiro atoms. The van der Waals surface area contributed by atoms with E-state index in [0.717, 1.165) is 27.8 Å². The van der Waals surface area contributed by atoms with Crippen molar-refractivity contribution in [3.05, 3.63) is 53.3 Å². The van der Waals surface area contributed by atoms with Gasteiger partial charge >= 0.3 is 0 Å². The Bertz CT molecular complexity index is 987. The molecule has 0 unspecified atom stereocenters. The summed E-state index contributed by atoms with van der Waals surface area (Å²) in [6.45, 7) is 7.78. The summed E-state index contributed by atoms with van der Waals surface area (Å²) < 4.78 is 1.80. The lowest BCUT2D eigenvalue weighted by molar-refractivity contribution is -0.115. The number of benzene rings is 1. The number of hydrogen-bond donors (Lipinski definition) is 2. The summed E-state index contributed by atoms with van der Waals surface area (Å²) >= 11 is 0. The Morgan fingerprint density at radius 3 is 2.52 bits per heavy atom. The molecule has 2 heterocycles. The van der Waals surface area contributed by atoms with E-state index in [1.807, 2.05) is 45.9 Å². The molecule has 3 aromatic rings. The Labute approximate surface area is 157 Å². The molecule has 0 aliphatic rings. The second-order valence-electron chi connectivity index (χ2n) is 6.82. The van der Waals surface area contributed by atoms with E-state index in [0.29, 0.717) is 5.56 Å². The normalized spacial score (nSPS) is 11.0. The van der Waals surface area contributed by atoms with Gasteiger partial charge in [-0.2, -0.15) is 5.10 Å². The number of hydrogen-bond acceptors (Lipinski definition) is 4. The van der Waals surface area contributed by atoms with Crippen LogP contribution in [-0.2, 0) is 4.79 Å². The van der Waals surface area contributed by atoms with Crippen LogP contribution >= 0.6 is 0 Å². The molecule has 0 saturated heterocycles. The summed E-state index contributed by atoms with van der Waals surface area (Å²) in [4.78, 5) is 28.9. The number of nitrogens with zero attached hydrogens (tertiary/aromatic N) is 3. The number of fused-ring (bicyclic) bond motifs is 1. The van der Waals surface area contributed by atoms with Gasteiger partial charge in [-0.15, -0.1) is 0 Å². The van der Waals surface area contributed by atoms with E-state index >= 15 is 0 Å². The number of amides is 2. The largest absolute Gasteiger partial charge is 0.343 e. The molecule has 0 atom stereocenters. The number of pyridine rings is 1. The number of rotatable bonds is 5. The highest BCUT2D eigenvalue weighted by molar-refractivity contribution is 6.01. The van der Waals surface area contributed by atoms with Gasteiger partial charge in [0.25, 0.3) is 5.91 Å². The van der Waals surface area contributed by atoms with Crippen molar-refractivity contribution < 1.29 is 9.59 Å². The van der Waals surface area contributed by atoms with E-state index in [2.05, 4.69) is 20.7 Å². The van der Waals surface area contributed by atoms with Gasteiger partial charge in [-0.3, -0.25) is 9.59 Å².